The van der Waals surface area contributed by atoms with Gasteiger partial charge in [0.1, 0.15) is 17.0 Å². The van der Waals surface area contributed by atoms with Crippen molar-refractivity contribution in [2.45, 2.75) is 25.8 Å². The van der Waals surface area contributed by atoms with Gasteiger partial charge in [-0.1, -0.05) is 0 Å². The number of nitrogens with zero attached hydrogens (tertiary/aromatic N) is 2. The summed E-state index contributed by atoms with van der Waals surface area (Å²) in [5, 5.41) is 8.37. The number of pyridine rings is 1. The van der Waals surface area contributed by atoms with E-state index in [1.54, 1.807) is 6.07 Å². The number of hydrogen-bond acceptors (Lipinski definition) is 6. The fourth-order valence-corrected chi connectivity index (χ4v) is 6.17. The Morgan fingerprint density at radius 1 is 1.14 bits per heavy atom. The summed E-state index contributed by atoms with van der Waals surface area (Å²) in [7, 11) is 0. The van der Waals surface area contributed by atoms with Crippen LogP contribution >= 0.6 is 11.3 Å². The van der Waals surface area contributed by atoms with Crippen LogP contribution in [0.5, 0.6) is 0 Å². The van der Waals surface area contributed by atoms with Gasteiger partial charge in [0.05, 0.1) is 16.9 Å². The molecule has 6 nitrogen and oxygen atoms in total. The van der Waals surface area contributed by atoms with Gasteiger partial charge in [0.2, 0.25) is 0 Å². The maximum Gasteiger partial charge on any atom is 0.263 e. The number of thiophene rings is 1. The van der Waals surface area contributed by atoms with Crippen molar-refractivity contribution in [3.63, 3.8) is 0 Å². The summed E-state index contributed by atoms with van der Waals surface area (Å²) in [5.41, 5.74) is 3.57. The zero-order valence-corrected chi connectivity index (χ0v) is 20.1. The van der Waals surface area contributed by atoms with Crippen LogP contribution in [-0.2, 0) is 4.79 Å². The Morgan fingerprint density at radius 2 is 1.97 bits per heavy atom. The third-order valence-corrected chi connectivity index (χ3v) is 8.17. The molecule has 0 aliphatic carbocycles. The molecule has 4 heterocycles. The molecule has 0 radical (unpaired) electrons. The van der Waals surface area contributed by atoms with Crippen LogP contribution in [0.1, 0.15) is 29.4 Å². The SMILES string of the molecule is CC1CNc2c(sc3ccc4nc(-c5cc(N6CCC(C=O)CC6)ccc5F)ccc4c23)C(=O)N1. The number of carbonyl (C=O) groups excluding carboxylic acids is 2. The molecule has 2 aromatic heterocycles. The van der Waals surface area contributed by atoms with Crippen LogP contribution in [-0.4, -0.2) is 42.9 Å². The van der Waals surface area contributed by atoms with E-state index in [1.165, 1.54) is 17.4 Å². The maximum atomic E-state index is 14.9. The molecule has 0 spiro atoms. The number of hydrogen-bond donors (Lipinski definition) is 2. The van der Waals surface area contributed by atoms with Crippen molar-refractivity contribution >= 4 is 55.9 Å². The lowest BCUT2D eigenvalue weighted by atomic mass is 9.97. The Bertz CT molecular complexity index is 1480. The van der Waals surface area contributed by atoms with Gasteiger partial charge in [-0.2, -0.15) is 0 Å². The second-order valence-electron chi connectivity index (χ2n) is 9.39. The fraction of sp³-hybridized carbons (Fsp3) is 0.296. The van der Waals surface area contributed by atoms with E-state index in [2.05, 4.69) is 15.5 Å². The first kappa shape index (κ1) is 22.0. The van der Waals surface area contributed by atoms with Crippen molar-refractivity contribution in [1.29, 1.82) is 0 Å². The van der Waals surface area contributed by atoms with Gasteiger partial charge in [-0.15, -0.1) is 11.3 Å². The molecule has 2 aliphatic heterocycles. The van der Waals surface area contributed by atoms with Gasteiger partial charge < -0.3 is 20.3 Å². The molecule has 1 fully saturated rings. The van der Waals surface area contributed by atoms with E-state index >= 15 is 0 Å². The summed E-state index contributed by atoms with van der Waals surface area (Å²) in [4.78, 5) is 31.5. The van der Waals surface area contributed by atoms with Gasteiger partial charge in [-0.05, 0) is 62.2 Å². The molecule has 4 aromatic rings. The Labute approximate surface area is 206 Å². The number of amides is 1. The van der Waals surface area contributed by atoms with Crippen LogP contribution in [0.2, 0.25) is 0 Å². The Hall–Kier alpha value is -3.52. The first-order valence-electron chi connectivity index (χ1n) is 11.9. The van der Waals surface area contributed by atoms with Gasteiger partial charge in [0, 0.05) is 58.3 Å². The molecule has 2 aromatic carbocycles. The van der Waals surface area contributed by atoms with Crippen molar-refractivity contribution in [2.24, 2.45) is 5.92 Å². The van der Waals surface area contributed by atoms with Crippen LogP contribution in [0, 0.1) is 11.7 Å². The average Bonchev–Trinajstić information content (AvgIpc) is 3.20. The molecule has 0 saturated carbocycles. The number of fused-ring (bicyclic) bond motifs is 5. The van der Waals surface area contributed by atoms with Crippen LogP contribution < -0.4 is 15.5 Å². The number of aldehydes is 1. The number of piperidine rings is 1. The molecule has 0 bridgehead atoms. The highest BCUT2D eigenvalue weighted by atomic mass is 32.1. The summed E-state index contributed by atoms with van der Waals surface area (Å²) < 4.78 is 15.9. The van der Waals surface area contributed by atoms with E-state index in [9.17, 15) is 14.0 Å². The first-order valence-corrected chi connectivity index (χ1v) is 12.7. The number of rotatable bonds is 3. The second kappa shape index (κ2) is 8.61. The smallest absolute Gasteiger partial charge is 0.263 e. The summed E-state index contributed by atoms with van der Waals surface area (Å²) >= 11 is 1.47. The van der Waals surface area contributed by atoms with Crippen LogP contribution in [0.4, 0.5) is 15.8 Å². The number of anilines is 2. The van der Waals surface area contributed by atoms with Crippen molar-refractivity contribution in [3.05, 3.63) is 53.2 Å². The van der Waals surface area contributed by atoms with Crippen LogP contribution in [0.15, 0.2) is 42.5 Å². The van der Waals surface area contributed by atoms with Gasteiger partial charge in [-0.25, -0.2) is 9.37 Å². The molecular weight excluding hydrogens is 463 g/mol. The standard InChI is InChI=1S/C27H25FN4O2S/c1-15-13-29-25-24-18-3-5-22(31-21(18)6-7-23(24)35-26(25)27(34)30-15)19-12-17(2-4-20(19)28)32-10-8-16(14-33)9-11-32/h2-7,12,14-16,29H,8-11,13H2,1H3,(H,30,34). The van der Waals surface area contributed by atoms with E-state index in [0.717, 1.165) is 64.6 Å². The van der Waals surface area contributed by atoms with E-state index in [4.69, 9.17) is 4.98 Å². The highest BCUT2D eigenvalue weighted by Gasteiger charge is 2.25. The molecule has 2 N–H and O–H groups in total. The molecular formula is C27H25FN4O2S. The topological polar surface area (TPSA) is 74.3 Å². The zero-order valence-electron chi connectivity index (χ0n) is 19.3. The summed E-state index contributed by atoms with van der Waals surface area (Å²) in [5.74, 6) is -0.269. The molecule has 178 valence electrons. The van der Waals surface area contributed by atoms with Crippen LogP contribution in [0.3, 0.4) is 0 Å². The molecule has 1 atom stereocenters. The Morgan fingerprint density at radius 3 is 2.77 bits per heavy atom. The predicted molar refractivity (Wildman–Crippen MR) is 139 cm³/mol. The minimum absolute atomic E-state index is 0.0383. The fourth-order valence-electron chi connectivity index (χ4n) is 5.08. The number of carbonyl (C=O) groups is 2. The van der Waals surface area contributed by atoms with Crippen molar-refractivity contribution in [3.8, 4) is 11.3 Å². The van der Waals surface area contributed by atoms with Gasteiger partial charge in [0.15, 0.2) is 0 Å². The average molecular weight is 489 g/mol. The van der Waals surface area contributed by atoms with Gasteiger partial charge in [-0.3, -0.25) is 4.79 Å². The third-order valence-electron chi connectivity index (χ3n) is 7.01. The quantitative estimate of drug-likeness (QED) is 0.387. The van der Waals surface area contributed by atoms with Gasteiger partial charge in [0.25, 0.3) is 5.91 Å². The zero-order chi connectivity index (χ0) is 24.1. The number of benzene rings is 2. The molecule has 1 unspecified atom stereocenters. The lowest BCUT2D eigenvalue weighted by molar-refractivity contribution is -0.111. The van der Waals surface area contributed by atoms with Crippen molar-refractivity contribution < 1.29 is 14.0 Å². The predicted octanol–water partition coefficient (Wildman–Crippen LogP) is 5.21. The van der Waals surface area contributed by atoms with Crippen molar-refractivity contribution in [1.82, 2.24) is 10.3 Å². The third kappa shape index (κ3) is 3.82. The normalized spacial score (nSPS) is 18.7. The molecule has 2 aliphatic rings. The summed E-state index contributed by atoms with van der Waals surface area (Å²) in [6.07, 6.45) is 2.67. The Balaban J connectivity index is 1.41. The summed E-state index contributed by atoms with van der Waals surface area (Å²) in [6, 6.07) is 12.9. The second-order valence-corrected chi connectivity index (χ2v) is 10.4. The van der Waals surface area contributed by atoms with E-state index in [-0.39, 0.29) is 23.7 Å². The van der Waals surface area contributed by atoms with E-state index in [1.807, 2.05) is 37.3 Å². The molecule has 1 amide bonds. The molecule has 1 saturated heterocycles. The molecule has 35 heavy (non-hydrogen) atoms. The van der Waals surface area contributed by atoms with Crippen molar-refractivity contribution in [2.75, 3.05) is 29.9 Å². The van der Waals surface area contributed by atoms with E-state index < -0.39 is 0 Å². The van der Waals surface area contributed by atoms with Gasteiger partial charge >= 0.3 is 0 Å². The molecule has 6 rings (SSSR count). The van der Waals surface area contributed by atoms with Crippen LogP contribution in [0.25, 0.3) is 32.2 Å². The Kier molecular flexibility index (Phi) is 5.40. The minimum Gasteiger partial charge on any atom is -0.381 e. The highest BCUT2D eigenvalue weighted by molar-refractivity contribution is 7.21. The lowest BCUT2D eigenvalue weighted by Gasteiger charge is -2.31. The number of halogens is 1. The monoisotopic (exact) mass is 488 g/mol. The lowest BCUT2D eigenvalue weighted by Crippen LogP contribution is -2.34. The minimum atomic E-state index is -0.318. The largest absolute Gasteiger partial charge is 0.381 e. The number of aromatic nitrogens is 1. The summed E-state index contributed by atoms with van der Waals surface area (Å²) in [6.45, 7) is 4.18. The molecule has 8 heteroatoms. The maximum absolute atomic E-state index is 14.9. The highest BCUT2D eigenvalue weighted by Crippen LogP contribution is 2.41. The first-order chi connectivity index (χ1) is 17.0. The van der Waals surface area contributed by atoms with E-state index in [0.29, 0.717) is 22.7 Å². The number of nitrogens with one attached hydrogen (secondary N) is 2.